The molecule has 1 amide bonds. The third-order valence-corrected chi connectivity index (χ3v) is 3.51. The summed E-state index contributed by atoms with van der Waals surface area (Å²) in [5.74, 6) is 0.989. The molecule has 0 unspecified atom stereocenters. The lowest BCUT2D eigenvalue weighted by Gasteiger charge is -2.13. The molecule has 1 N–H and O–H groups in total. The van der Waals surface area contributed by atoms with Crippen LogP contribution >= 0.6 is 0 Å². The molecule has 0 saturated heterocycles. The van der Waals surface area contributed by atoms with Gasteiger partial charge in [-0.25, -0.2) is 4.98 Å². The summed E-state index contributed by atoms with van der Waals surface area (Å²) in [5, 5.41) is 7.52. The molecule has 0 aliphatic carbocycles. The van der Waals surface area contributed by atoms with Gasteiger partial charge in [-0.3, -0.25) is 9.78 Å². The van der Waals surface area contributed by atoms with Gasteiger partial charge in [0.05, 0.1) is 11.3 Å². The number of hydrogen-bond donors (Lipinski definition) is 1. The quantitative estimate of drug-likeness (QED) is 0.804. The Kier molecular flexibility index (Phi) is 4.12. The molecule has 3 aromatic rings. The molecule has 0 atom stereocenters. The monoisotopic (exact) mass is 321 g/mol. The maximum Gasteiger partial charge on any atom is 0.258 e. The molecule has 3 rings (SSSR count). The Hall–Kier alpha value is -3.02. The van der Waals surface area contributed by atoms with Crippen LogP contribution in [0, 0.1) is 0 Å². The fraction of sp³-hybridized carbons (Fsp3) is 0.222. The van der Waals surface area contributed by atoms with Crippen LogP contribution in [-0.4, -0.2) is 25.7 Å². The largest absolute Gasteiger partial charge is 0.306 e. The molecule has 3 heterocycles. The van der Waals surface area contributed by atoms with E-state index in [4.69, 9.17) is 0 Å². The van der Waals surface area contributed by atoms with E-state index < -0.39 is 0 Å². The summed E-state index contributed by atoms with van der Waals surface area (Å²) in [6.45, 7) is 6.22. The third-order valence-electron chi connectivity index (χ3n) is 3.51. The van der Waals surface area contributed by atoms with Crippen molar-refractivity contribution >= 4 is 11.7 Å². The van der Waals surface area contributed by atoms with Crippen molar-refractivity contribution in [3.8, 4) is 5.82 Å². The smallest absolute Gasteiger partial charge is 0.258 e. The Morgan fingerprint density at radius 1 is 1.12 bits per heavy atom. The first-order valence-electron chi connectivity index (χ1n) is 7.68. The lowest BCUT2D eigenvalue weighted by Crippen LogP contribution is -2.15. The Balaban J connectivity index is 2.00. The second kappa shape index (κ2) is 6.23. The van der Waals surface area contributed by atoms with E-state index >= 15 is 0 Å². The summed E-state index contributed by atoms with van der Waals surface area (Å²) in [5.41, 5.74) is 1.21. The highest BCUT2D eigenvalue weighted by Crippen LogP contribution is 2.26. The number of carbonyl (C=O) groups is 1. The molecule has 3 aromatic heterocycles. The van der Waals surface area contributed by atoms with Crippen LogP contribution in [0.3, 0.4) is 0 Å². The van der Waals surface area contributed by atoms with E-state index in [-0.39, 0.29) is 11.3 Å². The number of rotatable bonds is 3. The van der Waals surface area contributed by atoms with Gasteiger partial charge < -0.3 is 5.32 Å². The first-order chi connectivity index (χ1) is 11.4. The number of hydrogen-bond acceptors (Lipinski definition) is 4. The summed E-state index contributed by atoms with van der Waals surface area (Å²) in [6, 6.07) is 10.9. The van der Waals surface area contributed by atoms with Crippen LogP contribution in [0.1, 0.15) is 36.8 Å². The zero-order valence-electron chi connectivity index (χ0n) is 13.9. The first-order valence-corrected chi connectivity index (χ1v) is 7.68. The van der Waals surface area contributed by atoms with Crippen molar-refractivity contribution in [2.45, 2.75) is 26.2 Å². The summed E-state index contributed by atoms with van der Waals surface area (Å²) in [4.78, 5) is 20.7. The van der Waals surface area contributed by atoms with E-state index in [0.29, 0.717) is 17.2 Å². The number of nitrogens with zero attached hydrogens (tertiary/aromatic N) is 4. The van der Waals surface area contributed by atoms with E-state index in [9.17, 15) is 4.79 Å². The molecule has 0 spiro atoms. The maximum atomic E-state index is 12.4. The van der Waals surface area contributed by atoms with Crippen molar-refractivity contribution in [1.29, 1.82) is 0 Å². The Labute approximate surface area is 140 Å². The zero-order chi connectivity index (χ0) is 17.2. The van der Waals surface area contributed by atoms with Crippen LogP contribution in [0.25, 0.3) is 5.82 Å². The predicted octanol–water partition coefficient (Wildman–Crippen LogP) is 3.21. The van der Waals surface area contributed by atoms with Crippen LogP contribution in [0.15, 0.2) is 55.0 Å². The van der Waals surface area contributed by atoms with Crippen molar-refractivity contribution in [2.75, 3.05) is 5.32 Å². The van der Waals surface area contributed by atoms with E-state index in [1.807, 2.05) is 24.3 Å². The number of aromatic nitrogens is 4. The van der Waals surface area contributed by atoms with Gasteiger partial charge in [0.15, 0.2) is 5.82 Å². The van der Waals surface area contributed by atoms with Crippen LogP contribution in [0.4, 0.5) is 5.82 Å². The first kappa shape index (κ1) is 15.9. The van der Waals surface area contributed by atoms with Gasteiger partial charge in [0.25, 0.3) is 5.91 Å². The Bertz CT molecular complexity index is 835. The van der Waals surface area contributed by atoms with Crippen LogP contribution in [0.5, 0.6) is 0 Å². The number of anilines is 1. The highest BCUT2D eigenvalue weighted by atomic mass is 16.1. The standard InChI is InChI=1S/C18H19N5O/c1-18(2,3)14-11-16(21-17(24)13-7-6-9-19-12-13)23(22-14)15-8-4-5-10-20-15/h4-12H,1-3H3,(H,21,24). The van der Waals surface area contributed by atoms with Crippen LogP contribution in [0.2, 0.25) is 0 Å². The normalized spacial score (nSPS) is 11.3. The molecular formula is C18H19N5O. The van der Waals surface area contributed by atoms with Crippen molar-refractivity contribution in [2.24, 2.45) is 0 Å². The summed E-state index contributed by atoms with van der Waals surface area (Å²) < 4.78 is 1.65. The van der Waals surface area contributed by atoms with Crippen molar-refractivity contribution < 1.29 is 4.79 Å². The van der Waals surface area contributed by atoms with Gasteiger partial charge >= 0.3 is 0 Å². The second-order valence-corrected chi connectivity index (χ2v) is 6.46. The lowest BCUT2D eigenvalue weighted by atomic mass is 9.92. The number of amides is 1. The minimum absolute atomic E-state index is 0.145. The molecule has 0 saturated carbocycles. The number of nitrogens with one attached hydrogen (secondary N) is 1. The maximum absolute atomic E-state index is 12.4. The second-order valence-electron chi connectivity index (χ2n) is 6.46. The van der Waals surface area contributed by atoms with Crippen LogP contribution in [-0.2, 0) is 5.41 Å². The highest BCUT2D eigenvalue weighted by molar-refractivity contribution is 6.03. The average molecular weight is 321 g/mol. The van der Waals surface area contributed by atoms with Crippen molar-refractivity contribution in [1.82, 2.24) is 19.7 Å². The van der Waals surface area contributed by atoms with Gasteiger partial charge in [0, 0.05) is 30.1 Å². The predicted molar refractivity (Wildman–Crippen MR) is 92.2 cm³/mol. The van der Waals surface area contributed by atoms with Gasteiger partial charge in [-0.2, -0.15) is 9.78 Å². The minimum atomic E-state index is -0.236. The number of carbonyl (C=O) groups excluding carboxylic acids is 1. The zero-order valence-corrected chi connectivity index (χ0v) is 13.9. The van der Waals surface area contributed by atoms with E-state index in [1.165, 1.54) is 6.20 Å². The van der Waals surface area contributed by atoms with Gasteiger partial charge in [0.1, 0.15) is 5.82 Å². The van der Waals surface area contributed by atoms with Gasteiger partial charge in [-0.05, 0) is 24.3 Å². The lowest BCUT2D eigenvalue weighted by molar-refractivity contribution is 0.102. The van der Waals surface area contributed by atoms with Crippen LogP contribution < -0.4 is 5.32 Å². The molecule has 6 heteroatoms. The van der Waals surface area contributed by atoms with E-state index in [0.717, 1.165) is 5.69 Å². The summed E-state index contributed by atoms with van der Waals surface area (Å²) >= 11 is 0. The average Bonchev–Trinajstić information content (AvgIpc) is 3.00. The Morgan fingerprint density at radius 3 is 2.58 bits per heavy atom. The van der Waals surface area contributed by atoms with Gasteiger partial charge in [-0.1, -0.05) is 26.8 Å². The molecular weight excluding hydrogens is 302 g/mol. The molecule has 0 aliphatic rings. The molecule has 0 aliphatic heterocycles. The third kappa shape index (κ3) is 3.32. The topological polar surface area (TPSA) is 72.7 Å². The SMILES string of the molecule is CC(C)(C)c1cc(NC(=O)c2cccnc2)n(-c2ccccn2)n1. The molecule has 6 nitrogen and oxygen atoms in total. The van der Waals surface area contributed by atoms with Crippen molar-refractivity contribution in [3.05, 3.63) is 66.2 Å². The molecule has 0 aromatic carbocycles. The molecule has 24 heavy (non-hydrogen) atoms. The summed E-state index contributed by atoms with van der Waals surface area (Å²) in [6.07, 6.45) is 4.86. The van der Waals surface area contributed by atoms with Crippen molar-refractivity contribution in [3.63, 3.8) is 0 Å². The highest BCUT2D eigenvalue weighted by Gasteiger charge is 2.22. The molecule has 122 valence electrons. The summed E-state index contributed by atoms with van der Waals surface area (Å²) in [7, 11) is 0. The van der Waals surface area contributed by atoms with E-state index in [1.54, 1.807) is 29.2 Å². The van der Waals surface area contributed by atoms with Gasteiger partial charge in [0.2, 0.25) is 0 Å². The molecule has 0 bridgehead atoms. The molecule has 0 fully saturated rings. The van der Waals surface area contributed by atoms with Gasteiger partial charge in [-0.15, -0.1) is 0 Å². The Morgan fingerprint density at radius 2 is 1.96 bits per heavy atom. The minimum Gasteiger partial charge on any atom is -0.306 e. The fourth-order valence-electron chi connectivity index (χ4n) is 2.18. The fourth-order valence-corrected chi connectivity index (χ4v) is 2.18. The number of pyridine rings is 2. The van der Waals surface area contributed by atoms with E-state index in [2.05, 4.69) is 41.2 Å². The molecule has 0 radical (unpaired) electrons.